The summed E-state index contributed by atoms with van der Waals surface area (Å²) in [5.41, 5.74) is 3.61. The van der Waals surface area contributed by atoms with Gasteiger partial charge >= 0.3 is 0 Å². The van der Waals surface area contributed by atoms with Gasteiger partial charge in [0.2, 0.25) is 11.8 Å². The van der Waals surface area contributed by atoms with Gasteiger partial charge in [0.1, 0.15) is 6.33 Å². The minimum Gasteiger partial charge on any atom is -0.333 e. The lowest BCUT2D eigenvalue weighted by molar-refractivity contribution is -0.132. The van der Waals surface area contributed by atoms with Gasteiger partial charge in [-0.1, -0.05) is 47.1 Å². The molecule has 0 aliphatic heterocycles. The van der Waals surface area contributed by atoms with Crippen LogP contribution in [0.1, 0.15) is 18.1 Å². The number of para-hydroxylation sites is 1. The van der Waals surface area contributed by atoms with Crippen LogP contribution in [-0.2, 0) is 9.59 Å². The fraction of sp³-hybridized carbons (Fsp3) is 0.273. The van der Waals surface area contributed by atoms with E-state index in [2.05, 4.69) is 22.4 Å². The number of hydrogen-bond acceptors (Lipinski definition) is 5. The van der Waals surface area contributed by atoms with Crippen molar-refractivity contribution in [1.29, 1.82) is 0 Å². The second-order valence-electron chi connectivity index (χ2n) is 7.09. The second-order valence-corrected chi connectivity index (χ2v) is 8.85. The molecule has 0 atom stereocenters. The topological polar surface area (TPSA) is 80.1 Å². The van der Waals surface area contributed by atoms with E-state index in [1.54, 1.807) is 24.5 Å². The number of nitrogens with one attached hydrogen (secondary N) is 1. The molecule has 7 nitrogen and oxygen atoms in total. The first kappa shape index (κ1) is 24.1. The number of aryl methyl sites for hydroxylation is 2. The lowest BCUT2D eigenvalue weighted by Gasteiger charge is -2.20. The van der Waals surface area contributed by atoms with Crippen molar-refractivity contribution in [3.8, 4) is 5.69 Å². The molecule has 0 spiro atoms. The van der Waals surface area contributed by atoms with E-state index in [1.807, 2.05) is 36.6 Å². The predicted octanol–water partition coefficient (Wildman–Crippen LogP) is 4.77. The highest BCUT2D eigenvalue weighted by Crippen LogP contribution is 2.29. The first-order chi connectivity index (χ1) is 15.3. The molecule has 2 aromatic carbocycles. The van der Waals surface area contributed by atoms with E-state index in [1.165, 1.54) is 22.2 Å². The summed E-state index contributed by atoms with van der Waals surface area (Å²) < 4.78 is 1.84. The van der Waals surface area contributed by atoms with Crippen molar-refractivity contribution < 1.29 is 9.59 Å². The van der Waals surface area contributed by atoms with E-state index >= 15 is 0 Å². The molecular weight excluding hydrogens is 469 g/mol. The molecule has 1 N–H and O–H groups in total. The van der Waals surface area contributed by atoms with Gasteiger partial charge < -0.3 is 10.2 Å². The Bertz CT molecular complexity index is 1120. The van der Waals surface area contributed by atoms with Crippen LogP contribution in [0.5, 0.6) is 0 Å². The molecule has 10 heteroatoms. The third kappa shape index (κ3) is 5.82. The maximum atomic E-state index is 12.8. The first-order valence-corrected chi connectivity index (χ1v) is 11.7. The fourth-order valence-corrected chi connectivity index (χ4v) is 4.26. The zero-order valence-corrected chi connectivity index (χ0v) is 20.3. The highest BCUT2D eigenvalue weighted by atomic mass is 35.5. The van der Waals surface area contributed by atoms with Crippen molar-refractivity contribution in [2.24, 2.45) is 0 Å². The summed E-state index contributed by atoms with van der Waals surface area (Å²) in [6.45, 7) is 6.18. The summed E-state index contributed by atoms with van der Waals surface area (Å²) in [4.78, 5) is 26.7. The molecule has 0 saturated heterocycles. The Morgan fingerprint density at radius 1 is 1.12 bits per heavy atom. The molecule has 0 bridgehead atoms. The van der Waals surface area contributed by atoms with Crippen LogP contribution in [0.25, 0.3) is 5.69 Å². The number of aromatic nitrogens is 3. The van der Waals surface area contributed by atoms with Gasteiger partial charge in [0.15, 0.2) is 5.16 Å². The molecule has 0 unspecified atom stereocenters. The monoisotopic (exact) mass is 491 g/mol. The smallest absolute Gasteiger partial charge is 0.244 e. The molecule has 1 heterocycles. The zero-order valence-electron chi connectivity index (χ0n) is 17.9. The number of likely N-dealkylation sites (N-methyl/N-ethyl adjacent to an activating group) is 1. The number of amides is 2. The Labute approximate surface area is 201 Å². The predicted molar refractivity (Wildman–Crippen MR) is 129 cm³/mol. The summed E-state index contributed by atoms with van der Waals surface area (Å²) in [6.07, 6.45) is 1.62. The largest absolute Gasteiger partial charge is 0.333 e. The average molecular weight is 492 g/mol. The van der Waals surface area contributed by atoms with E-state index in [0.29, 0.717) is 27.4 Å². The third-order valence-electron chi connectivity index (χ3n) is 4.91. The molecule has 0 fully saturated rings. The number of halogens is 2. The van der Waals surface area contributed by atoms with E-state index in [9.17, 15) is 9.59 Å². The van der Waals surface area contributed by atoms with Crippen molar-refractivity contribution in [3.63, 3.8) is 0 Å². The number of rotatable bonds is 8. The molecule has 0 aliphatic rings. The van der Waals surface area contributed by atoms with Crippen molar-refractivity contribution >= 4 is 52.5 Å². The van der Waals surface area contributed by atoms with Crippen LogP contribution in [0.4, 0.5) is 5.69 Å². The zero-order chi connectivity index (χ0) is 23.3. The Morgan fingerprint density at radius 2 is 1.84 bits per heavy atom. The molecule has 0 saturated carbocycles. The van der Waals surface area contributed by atoms with Crippen LogP contribution in [0.2, 0.25) is 10.0 Å². The fourth-order valence-electron chi connectivity index (χ4n) is 2.94. The van der Waals surface area contributed by atoms with Crippen LogP contribution in [0, 0.1) is 13.8 Å². The van der Waals surface area contributed by atoms with Gasteiger partial charge in [-0.05, 0) is 56.2 Å². The van der Waals surface area contributed by atoms with Crippen LogP contribution in [0.3, 0.4) is 0 Å². The molecule has 32 heavy (non-hydrogen) atoms. The standard InChI is InChI=1S/C22H23Cl2N5O2S/c1-4-28(11-19(30)26-21-17(23)6-5-7-18(21)24)20(31)12-32-22-27-25-13-29(22)16-9-8-14(2)15(3)10-16/h5-10,13H,4,11-12H2,1-3H3,(H,26,30). The maximum absolute atomic E-state index is 12.8. The van der Waals surface area contributed by atoms with E-state index < -0.39 is 0 Å². The quantitative estimate of drug-likeness (QED) is 0.459. The highest BCUT2D eigenvalue weighted by molar-refractivity contribution is 7.99. The van der Waals surface area contributed by atoms with Crippen LogP contribution in [0.15, 0.2) is 47.9 Å². The molecule has 1 aromatic heterocycles. The Hall–Kier alpha value is -2.55. The minimum absolute atomic E-state index is 0.110. The van der Waals surface area contributed by atoms with E-state index in [4.69, 9.17) is 23.2 Å². The Morgan fingerprint density at radius 3 is 2.50 bits per heavy atom. The second kappa shape index (κ2) is 10.8. The van der Waals surface area contributed by atoms with E-state index in [0.717, 1.165) is 11.3 Å². The van der Waals surface area contributed by atoms with Gasteiger partial charge in [-0.25, -0.2) is 0 Å². The van der Waals surface area contributed by atoms with Crippen molar-refractivity contribution in [2.75, 3.05) is 24.2 Å². The molecule has 168 valence electrons. The summed E-state index contributed by atoms with van der Waals surface area (Å²) in [7, 11) is 0. The minimum atomic E-state index is -0.376. The molecular formula is C22H23Cl2N5O2S. The van der Waals surface area contributed by atoms with Gasteiger partial charge in [-0.15, -0.1) is 10.2 Å². The number of hydrogen-bond donors (Lipinski definition) is 1. The average Bonchev–Trinajstić information content (AvgIpc) is 3.23. The number of thioether (sulfide) groups is 1. The Balaban J connectivity index is 1.62. The van der Waals surface area contributed by atoms with Crippen molar-refractivity contribution in [1.82, 2.24) is 19.7 Å². The van der Waals surface area contributed by atoms with Crippen LogP contribution in [-0.4, -0.2) is 50.3 Å². The molecule has 3 rings (SSSR count). The highest BCUT2D eigenvalue weighted by Gasteiger charge is 2.19. The van der Waals surface area contributed by atoms with Gasteiger partial charge in [0, 0.05) is 12.2 Å². The number of carbonyl (C=O) groups is 2. The third-order valence-corrected chi connectivity index (χ3v) is 6.46. The number of nitrogens with zero attached hydrogens (tertiary/aromatic N) is 4. The normalized spacial score (nSPS) is 10.8. The van der Waals surface area contributed by atoms with Gasteiger partial charge in [-0.2, -0.15) is 0 Å². The van der Waals surface area contributed by atoms with Gasteiger partial charge in [0.25, 0.3) is 0 Å². The molecule has 0 aliphatic carbocycles. The van der Waals surface area contributed by atoms with Crippen LogP contribution >= 0.6 is 35.0 Å². The van der Waals surface area contributed by atoms with Gasteiger partial charge in [0.05, 0.1) is 28.0 Å². The SMILES string of the molecule is CCN(CC(=O)Nc1c(Cl)cccc1Cl)C(=O)CSc1nncn1-c1ccc(C)c(C)c1. The Kier molecular flexibility index (Phi) is 8.17. The summed E-state index contributed by atoms with van der Waals surface area (Å²) in [5.74, 6) is -0.441. The molecule has 2 amide bonds. The molecule has 0 radical (unpaired) electrons. The van der Waals surface area contributed by atoms with Crippen molar-refractivity contribution in [3.05, 3.63) is 63.9 Å². The molecule has 3 aromatic rings. The number of anilines is 1. The number of carbonyl (C=O) groups excluding carboxylic acids is 2. The van der Waals surface area contributed by atoms with E-state index in [-0.39, 0.29) is 24.1 Å². The number of benzene rings is 2. The van der Waals surface area contributed by atoms with Gasteiger partial charge in [-0.3, -0.25) is 14.2 Å². The maximum Gasteiger partial charge on any atom is 0.244 e. The van der Waals surface area contributed by atoms with Crippen LogP contribution < -0.4 is 5.32 Å². The summed E-state index contributed by atoms with van der Waals surface area (Å²) in [6, 6.07) is 11.0. The first-order valence-electron chi connectivity index (χ1n) is 9.92. The van der Waals surface area contributed by atoms with Crippen molar-refractivity contribution in [2.45, 2.75) is 25.9 Å². The lowest BCUT2D eigenvalue weighted by atomic mass is 10.1. The summed E-state index contributed by atoms with van der Waals surface area (Å²) >= 11 is 13.5. The summed E-state index contributed by atoms with van der Waals surface area (Å²) in [5, 5.41) is 12.1. The lowest BCUT2D eigenvalue weighted by Crippen LogP contribution is -2.39.